The highest BCUT2D eigenvalue weighted by Gasteiger charge is 2.29. The van der Waals surface area contributed by atoms with E-state index in [2.05, 4.69) is 15.3 Å². The third kappa shape index (κ3) is 4.49. The van der Waals surface area contributed by atoms with Crippen LogP contribution in [-0.4, -0.2) is 41.0 Å². The largest absolute Gasteiger partial charge is 0.465 e. The normalized spacial score (nSPS) is 13.6. The van der Waals surface area contributed by atoms with Crippen LogP contribution in [0.15, 0.2) is 48.5 Å². The van der Waals surface area contributed by atoms with E-state index < -0.39 is 23.9 Å². The number of anilines is 1. The van der Waals surface area contributed by atoms with Gasteiger partial charge in [0.1, 0.15) is 10.8 Å². The molecule has 184 valence electrons. The van der Waals surface area contributed by atoms with Gasteiger partial charge >= 0.3 is 11.9 Å². The van der Waals surface area contributed by atoms with Crippen LogP contribution in [0.5, 0.6) is 0 Å². The molecular formula is C27H25N3O5S. The van der Waals surface area contributed by atoms with Crippen molar-refractivity contribution in [2.45, 2.75) is 38.7 Å². The molecule has 0 saturated carbocycles. The molecule has 0 spiro atoms. The van der Waals surface area contributed by atoms with Crippen molar-refractivity contribution in [3.05, 3.63) is 70.1 Å². The highest BCUT2D eigenvalue weighted by Crippen LogP contribution is 2.38. The van der Waals surface area contributed by atoms with Crippen LogP contribution in [0.3, 0.4) is 0 Å². The Morgan fingerprint density at radius 1 is 1.03 bits per heavy atom. The van der Waals surface area contributed by atoms with E-state index in [1.54, 1.807) is 18.2 Å². The molecule has 2 aromatic carbocycles. The highest BCUT2D eigenvalue weighted by atomic mass is 32.1. The molecule has 4 aromatic rings. The molecule has 0 fully saturated rings. The summed E-state index contributed by atoms with van der Waals surface area (Å²) in [5, 5.41) is 3.22. The summed E-state index contributed by atoms with van der Waals surface area (Å²) in [6.45, 7) is 1.50. The molecule has 9 heteroatoms. The summed E-state index contributed by atoms with van der Waals surface area (Å²) in [7, 11) is 1.32. The van der Waals surface area contributed by atoms with Crippen molar-refractivity contribution in [3.8, 4) is 11.4 Å². The lowest BCUT2D eigenvalue weighted by Gasteiger charge is -2.15. The van der Waals surface area contributed by atoms with Gasteiger partial charge in [0, 0.05) is 10.4 Å². The second-order valence-corrected chi connectivity index (χ2v) is 9.70. The molecule has 0 bridgehead atoms. The Balaban J connectivity index is 1.35. The number of ether oxygens (including phenoxy) is 2. The zero-order valence-electron chi connectivity index (χ0n) is 19.9. The molecule has 0 aliphatic heterocycles. The molecule has 1 unspecified atom stereocenters. The summed E-state index contributed by atoms with van der Waals surface area (Å²) in [6, 6.07) is 14.5. The average Bonchev–Trinajstić information content (AvgIpc) is 3.49. The number of aromatic amines is 1. The van der Waals surface area contributed by atoms with Gasteiger partial charge in [-0.2, -0.15) is 0 Å². The van der Waals surface area contributed by atoms with Gasteiger partial charge in [-0.25, -0.2) is 14.6 Å². The highest BCUT2D eigenvalue weighted by molar-refractivity contribution is 7.17. The number of carbonyl (C=O) groups is 3. The first-order chi connectivity index (χ1) is 17.5. The lowest BCUT2D eigenvalue weighted by atomic mass is 9.95. The van der Waals surface area contributed by atoms with Gasteiger partial charge in [0.15, 0.2) is 6.10 Å². The zero-order chi connectivity index (χ0) is 25.2. The van der Waals surface area contributed by atoms with Crippen molar-refractivity contribution < 1.29 is 23.9 Å². The molecule has 1 aliphatic rings. The maximum Gasteiger partial charge on any atom is 0.341 e. The third-order valence-corrected chi connectivity index (χ3v) is 7.45. The Labute approximate surface area is 211 Å². The van der Waals surface area contributed by atoms with Gasteiger partial charge in [-0.3, -0.25) is 4.79 Å². The van der Waals surface area contributed by atoms with Crippen molar-refractivity contribution in [2.24, 2.45) is 0 Å². The standard InChI is InChI=1S/C27H25N3O5S/c1-15(24(31)30-25-22(27(33)34-2)18-11-5-8-14-21(18)36-25)35-26(32)17-10-4-3-9-16(17)23-28-19-12-6-7-13-20(19)29-23/h3-4,6-7,9-10,12-13,15H,5,8,11,14H2,1-2H3,(H,28,29)(H,30,31). The van der Waals surface area contributed by atoms with Crippen molar-refractivity contribution in [1.82, 2.24) is 9.97 Å². The van der Waals surface area contributed by atoms with E-state index in [4.69, 9.17) is 9.47 Å². The van der Waals surface area contributed by atoms with Crippen molar-refractivity contribution in [3.63, 3.8) is 0 Å². The van der Waals surface area contributed by atoms with Crippen LogP contribution < -0.4 is 5.32 Å². The van der Waals surface area contributed by atoms with Crippen LogP contribution >= 0.6 is 11.3 Å². The number of hydrogen-bond acceptors (Lipinski definition) is 7. The average molecular weight is 504 g/mol. The summed E-state index contributed by atoms with van der Waals surface area (Å²) < 4.78 is 10.5. The monoisotopic (exact) mass is 503 g/mol. The number of H-pyrrole nitrogens is 1. The van der Waals surface area contributed by atoms with E-state index in [1.807, 2.05) is 30.3 Å². The number of imidazole rings is 1. The topological polar surface area (TPSA) is 110 Å². The summed E-state index contributed by atoms with van der Waals surface area (Å²) in [6.07, 6.45) is 2.57. The number of nitrogens with one attached hydrogen (secondary N) is 2. The molecule has 2 heterocycles. The van der Waals surface area contributed by atoms with E-state index in [1.165, 1.54) is 25.4 Å². The molecule has 1 atom stereocenters. The molecule has 1 aliphatic carbocycles. The minimum atomic E-state index is -1.09. The zero-order valence-corrected chi connectivity index (χ0v) is 20.7. The fourth-order valence-electron chi connectivity index (χ4n) is 4.41. The van der Waals surface area contributed by atoms with E-state index >= 15 is 0 Å². The molecule has 5 rings (SSSR count). The van der Waals surface area contributed by atoms with Crippen molar-refractivity contribution in [1.29, 1.82) is 0 Å². The maximum atomic E-state index is 13.1. The number of amides is 1. The number of methoxy groups -OCH3 is 1. The third-order valence-electron chi connectivity index (χ3n) is 6.24. The number of aromatic nitrogens is 2. The number of esters is 2. The van der Waals surface area contributed by atoms with E-state index in [9.17, 15) is 14.4 Å². The van der Waals surface area contributed by atoms with Gasteiger partial charge in [0.2, 0.25) is 0 Å². The number of hydrogen-bond donors (Lipinski definition) is 2. The first-order valence-corrected chi connectivity index (χ1v) is 12.6. The molecule has 2 aromatic heterocycles. The fraction of sp³-hybridized carbons (Fsp3) is 0.259. The lowest BCUT2D eigenvalue weighted by Crippen LogP contribution is -2.30. The summed E-state index contributed by atoms with van der Waals surface area (Å²) in [5.74, 6) is -1.11. The smallest absolute Gasteiger partial charge is 0.341 e. The summed E-state index contributed by atoms with van der Waals surface area (Å²) >= 11 is 1.38. The van der Waals surface area contributed by atoms with E-state index in [0.29, 0.717) is 22.0 Å². The number of para-hydroxylation sites is 2. The minimum absolute atomic E-state index is 0.290. The van der Waals surface area contributed by atoms with Crippen LogP contribution in [-0.2, 0) is 27.1 Å². The van der Waals surface area contributed by atoms with Gasteiger partial charge in [0.25, 0.3) is 5.91 Å². The minimum Gasteiger partial charge on any atom is -0.465 e. The van der Waals surface area contributed by atoms with Crippen LogP contribution in [0.25, 0.3) is 22.4 Å². The first kappa shape index (κ1) is 23.7. The Morgan fingerprint density at radius 3 is 2.58 bits per heavy atom. The van der Waals surface area contributed by atoms with Gasteiger partial charge in [-0.05, 0) is 56.4 Å². The number of benzene rings is 2. The molecule has 2 N–H and O–H groups in total. The number of aryl methyl sites for hydroxylation is 1. The first-order valence-electron chi connectivity index (χ1n) is 11.7. The molecule has 0 saturated heterocycles. The quantitative estimate of drug-likeness (QED) is 0.353. The van der Waals surface area contributed by atoms with Gasteiger partial charge in [-0.15, -0.1) is 11.3 Å². The molecule has 36 heavy (non-hydrogen) atoms. The Kier molecular flexibility index (Phi) is 6.56. The van der Waals surface area contributed by atoms with Gasteiger partial charge < -0.3 is 19.8 Å². The van der Waals surface area contributed by atoms with Crippen molar-refractivity contribution in [2.75, 3.05) is 12.4 Å². The predicted octanol–water partition coefficient (Wildman–Crippen LogP) is 5.14. The van der Waals surface area contributed by atoms with Crippen molar-refractivity contribution >= 4 is 45.2 Å². The molecule has 0 radical (unpaired) electrons. The number of carbonyl (C=O) groups excluding carboxylic acids is 3. The van der Waals surface area contributed by atoms with E-state index in [-0.39, 0.29) is 5.56 Å². The van der Waals surface area contributed by atoms with E-state index in [0.717, 1.165) is 47.2 Å². The SMILES string of the molecule is COC(=O)c1c(NC(=O)C(C)OC(=O)c2ccccc2-c2nc3ccccc3[nH]2)sc2c1CCCC2. The molecule has 1 amide bonds. The summed E-state index contributed by atoms with van der Waals surface area (Å²) in [5.41, 5.74) is 3.84. The Morgan fingerprint density at radius 2 is 1.78 bits per heavy atom. The number of thiophene rings is 1. The molecular weight excluding hydrogens is 478 g/mol. The fourth-order valence-corrected chi connectivity index (χ4v) is 5.69. The second-order valence-electron chi connectivity index (χ2n) is 8.59. The lowest BCUT2D eigenvalue weighted by molar-refractivity contribution is -0.123. The predicted molar refractivity (Wildman–Crippen MR) is 137 cm³/mol. The Hall–Kier alpha value is -3.98. The van der Waals surface area contributed by atoms with Gasteiger partial charge in [0.05, 0.1) is 29.3 Å². The number of rotatable bonds is 6. The second kappa shape index (κ2) is 9.94. The van der Waals surface area contributed by atoms with Crippen LogP contribution in [0, 0.1) is 0 Å². The summed E-state index contributed by atoms with van der Waals surface area (Å²) in [4.78, 5) is 47.4. The number of fused-ring (bicyclic) bond motifs is 2. The molecule has 8 nitrogen and oxygen atoms in total. The number of nitrogens with zero attached hydrogens (tertiary/aromatic N) is 1. The van der Waals surface area contributed by atoms with Crippen LogP contribution in [0.1, 0.15) is 50.9 Å². The van der Waals surface area contributed by atoms with Gasteiger partial charge in [-0.1, -0.05) is 30.3 Å². The van der Waals surface area contributed by atoms with Crippen LogP contribution in [0.4, 0.5) is 5.00 Å². The van der Waals surface area contributed by atoms with Crippen LogP contribution in [0.2, 0.25) is 0 Å². The Bertz CT molecular complexity index is 1440. The maximum absolute atomic E-state index is 13.1.